The number of ether oxygens (including phenoxy) is 2. The highest BCUT2D eigenvalue weighted by Gasteiger charge is 2.24. The Morgan fingerprint density at radius 3 is 3.12 bits per heavy atom. The second-order valence-electron chi connectivity index (χ2n) is 6.22. The van der Waals surface area contributed by atoms with Crippen LogP contribution < -0.4 is 20.1 Å². The third-order valence-corrected chi connectivity index (χ3v) is 4.42. The largest absolute Gasteiger partial charge is 0.493 e. The minimum atomic E-state index is 0.00332. The summed E-state index contributed by atoms with van der Waals surface area (Å²) in [7, 11) is 0. The van der Waals surface area contributed by atoms with E-state index >= 15 is 0 Å². The highest BCUT2D eigenvalue weighted by molar-refractivity contribution is 5.44. The first-order valence-corrected chi connectivity index (χ1v) is 8.31. The summed E-state index contributed by atoms with van der Waals surface area (Å²) in [5.74, 6) is 2.02. The van der Waals surface area contributed by atoms with Crippen LogP contribution in [-0.4, -0.2) is 52.6 Å². The van der Waals surface area contributed by atoms with Crippen LogP contribution in [0.4, 0.5) is 5.95 Å². The molecule has 8 heteroatoms. The summed E-state index contributed by atoms with van der Waals surface area (Å²) in [4.78, 5) is 10.7. The molecule has 1 aromatic heterocycles. The van der Waals surface area contributed by atoms with Gasteiger partial charge in [-0.05, 0) is 24.6 Å². The quantitative estimate of drug-likeness (QED) is 0.759. The van der Waals surface area contributed by atoms with Gasteiger partial charge in [-0.3, -0.25) is 4.90 Å². The van der Waals surface area contributed by atoms with Crippen molar-refractivity contribution in [3.8, 4) is 17.4 Å². The SMILES string of the molecule is Cc1cnc(NC2CNCCN2Cc2ccc3c(c2)OCO3)nc1O. The molecule has 1 saturated heterocycles. The number of piperazine rings is 1. The summed E-state index contributed by atoms with van der Waals surface area (Å²) in [5.41, 5.74) is 1.81. The van der Waals surface area contributed by atoms with Crippen LogP contribution in [0.5, 0.6) is 17.4 Å². The lowest BCUT2D eigenvalue weighted by Crippen LogP contribution is -2.54. The van der Waals surface area contributed by atoms with Crippen molar-refractivity contribution in [2.75, 3.05) is 31.7 Å². The first-order chi connectivity index (χ1) is 12.2. The first-order valence-electron chi connectivity index (χ1n) is 8.31. The molecule has 132 valence electrons. The lowest BCUT2D eigenvalue weighted by Gasteiger charge is -2.36. The van der Waals surface area contributed by atoms with E-state index < -0.39 is 0 Å². The molecule has 3 N–H and O–H groups in total. The van der Waals surface area contributed by atoms with Crippen LogP contribution in [-0.2, 0) is 6.54 Å². The van der Waals surface area contributed by atoms with Gasteiger partial charge in [0, 0.05) is 37.9 Å². The predicted molar refractivity (Wildman–Crippen MR) is 91.7 cm³/mol. The fraction of sp³-hybridized carbons (Fsp3) is 0.412. The number of nitrogens with one attached hydrogen (secondary N) is 2. The second-order valence-corrected chi connectivity index (χ2v) is 6.22. The molecule has 0 spiro atoms. The molecule has 2 aliphatic heterocycles. The van der Waals surface area contributed by atoms with Crippen molar-refractivity contribution >= 4 is 5.95 Å². The average Bonchev–Trinajstić information content (AvgIpc) is 3.08. The highest BCUT2D eigenvalue weighted by Crippen LogP contribution is 2.33. The Morgan fingerprint density at radius 2 is 2.24 bits per heavy atom. The Balaban J connectivity index is 1.48. The van der Waals surface area contributed by atoms with Gasteiger partial charge in [0.25, 0.3) is 0 Å². The van der Waals surface area contributed by atoms with E-state index in [0.29, 0.717) is 11.5 Å². The van der Waals surface area contributed by atoms with Gasteiger partial charge in [-0.15, -0.1) is 0 Å². The molecule has 0 aliphatic carbocycles. The molecule has 3 heterocycles. The van der Waals surface area contributed by atoms with Gasteiger partial charge >= 0.3 is 0 Å². The molecule has 0 radical (unpaired) electrons. The van der Waals surface area contributed by atoms with Crippen LogP contribution in [0.1, 0.15) is 11.1 Å². The summed E-state index contributed by atoms with van der Waals surface area (Å²) in [6, 6.07) is 6.03. The molecule has 0 amide bonds. The van der Waals surface area contributed by atoms with E-state index in [-0.39, 0.29) is 18.8 Å². The lowest BCUT2D eigenvalue weighted by atomic mass is 10.1. The standard InChI is InChI=1S/C17H21N5O3/c1-11-7-19-17(21-16(11)23)20-15-8-18-4-5-22(15)9-12-2-3-13-14(6-12)25-10-24-13/h2-3,6-7,15,18H,4-5,8-10H2,1H3,(H2,19,20,21,23). The summed E-state index contributed by atoms with van der Waals surface area (Å²) in [6.45, 7) is 5.40. The number of nitrogens with zero attached hydrogens (tertiary/aromatic N) is 3. The second kappa shape index (κ2) is 6.73. The first kappa shape index (κ1) is 15.9. The molecular formula is C17H21N5O3. The number of aryl methyl sites for hydroxylation is 1. The number of rotatable bonds is 4. The predicted octanol–water partition coefficient (Wildman–Crippen LogP) is 1.06. The number of aromatic nitrogens is 2. The van der Waals surface area contributed by atoms with E-state index in [9.17, 15) is 5.11 Å². The third-order valence-electron chi connectivity index (χ3n) is 4.42. The van der Waals surface area contributed by atoms with Crippen molar-refractivity contribution in [1.29, 1.82) is 0 Å². The van der Waals surface area contributed by atoms with Crippen LogP contribution in [0.3, 0.4) is 0 Å². The maximum Gasteiger partial charge on any atom is 0.231 e. The molecule has 1 atom stereocenters. The van der Waals surface area contributed by atoms with Gasteiger partial charge in [-0.2, -0.15) is 4.98 Å². The van der Waals surface area contributed by atoms with Gasteiger partial charge in [0.15, 0.2) is 11.5 Å². The number of hydrogen-bond donors (Lipinski definition) is 3. The van der Waals surface area contributed by atoms with Crippen molar-refractivity contribution in [3.05, 3.63) is 35.5 Å². The van der Waals surface area contributed by atoms with Crippen LogP contribution in [0.15, 0.2) is 24.4 Å². The van der Waals surface area contributed by atoms with E-state index in [1.54, 1.807) is 13.1 Å². The van der Waals surface area contributed by atoms with E-state index in [2.05, 4.69) is 31.6 Å². The summed E-state index contributed by atoms with van der Waals surface area (Å²) >= 11 is 0. The number of anilines is 1. The van der Waals surface area contributed by atoms with Crippen molar-refractivity contribution in [2.45, 2.75) is 19.6 Å². The van der Waals surface area contributed by atoms with Gasteiger partial charge < -0.3 is 25.2 Å². The fourth-order valence-corrected chi connectivity index (χ4v) is 3.00. The van der Waals surface area contributed by atoms with Gasteiger partial charge in [-0.25, -0.2) is 4.98 Å². The third kappa shape index (κ3) is 3.45. The molecule has 2 aromatic rings. The maximum atomic E-state index is 9.77. The Labute approximate surface area is 145 Å². The number of aromatic hydroxyl groups is 1. The Hall–Kier alpha value is -2.58. The molecule has 0 saturated carbocycles. The summed E-state index contributed by atoms with van der Waals surface area (Å²) in [6.07, 6.45) is 1.64. The van der Waals surface area contributed by atoms with Crippen molar-refractivity contribution in [3.63, 3.8) is 0 Å². The maximum absolute atomic E-state index is 9.77. The van der Waals surface area contributed by atoms with E-state index in [1.165, 1.54) is 0 Å². The molecule has 0 bridgehead atoms. The van der Waals surface area contributed by atoms with E-state index in [1.807, 2.05) is 12.1 Å². The minimum Gasteiger partial charge on any atom is -0.493 e. The van der Waals surface area contributed by atoms with Crippen molar-refractivity contribution in [2.24, 2.45) is 0 Å². The molecule has 1 fully saturated rings. The Morgan fingerprint density at radius 1 is 1.36 bits per heavy atom. The molecular weight excluding hydrogens is 322 g/mol. The van der Waals surface area contributed by atoms with Crippen LogP contribution >= 0.6 is 0 Å². The molecule has 1 unspecified atom stereocenters. The average molecular weight is 343 g/mol. The summed E-state index contributed by atoms with van der Waals surface area (Å²) in [5, 5.41) is 16.4. The van der Waals surface area contributed by atoms with Crippen molar-refractivity contribution in [1.82, 2.24) is 20.2 Å². The number of hydrogen-bond acceptors (Lipinski definition) is 8. The zero-order valence-corrected chi connectivity index (χ0v) is 14.0. The van der Waals surface area contributed by atoms with Crippen LogP contribution in [0.25, 0.3) is 0 Å². The molecule has 1 aromatic carbocycles. The van der Waals surface area contributed by atoms with Gasteiger partial charge in [0.2, 0.25) is 18.6 Å². The van der Waals surface area contributed by atoms with E-state index in [4.69, 9.17) is 9.47 Å². The van der Waals surface area contributed by atoms with Gasteiger partial charge in [0.05, 0.1) is 6.17 Å². The highest BCUT2D eigenvalue weighted by atomic mass is 16.7. The monoisotopic (exact) mass is 343 g/mol. The fourth-order valence-electron chi connectivity index (χ4n) is 3.00. The Kier molecular flexibility index (Phi) is 4.29. The van der Waals surface area contributed by atoms with E-state index in [0.717, 1.165) is 43.2 Å². The normalized spacial score (nSPS) is 19.8. The number of benzene rings is 1. The minimum absolute atomic E-state index is 0.00332. The molecule has 25 heavy (non-hydrogen) atoms. The summed E-state index contributed by atoms with van der Waals surface area (Å²) < 4.78 is 10.8. The van der Waals surface area contributed by atoms with Gasteiger partial charge in [-0.1, -0.05) is 6.07 Å². The number of fused-ring (bicyclic) bond motifs is 1. The van der Waals surface area contributed by atoms with Crippen LogP contribution in [0.2, 0.25) is 0 Å². The lowest BCUT2D eigenvalue weighted by molar-refractivity contribution is 0.169. The molecule has 2 aliphatic rings. The topological polar surface area (TPSA) is 91.8 Å². The van der Waals surface area contributed by atoms with Crippen LogP contribution in [0, 0.1) is 6.92 Å². The zero-order chi connectivity index (χ0) is 17.2. The van der Waals surface area contributed by atoms with Crippen molar-refractivity contribution < 1.29 is 14.6 Å². The zero-order valence-electron chi connectivity index (χ0n) is 14.0. The van der Waals surface area contributed by atoms with Gasteiger partial charge in [0.1, 0.15) is 0 Å². The molecule has 4 rings (SSSR count). The smallest absolute Gasteiger partial charge is 0.231 e. The Bertz CT molecular complexity index is 770. The molecule has 8 nitrogen and oxygen atoms in total.